The first kappa shape index (κ1) is 13.5. The number of hydrogen-bond acceptors (Lipinski definition) is 6. The SMILES string of the molecule is Cc1nonc1CSc1nc2ccccc2c(=O)n1C1CC1. The zero-order chi connectivity index (χ0) is 15.1. The third-order valence-electron chi connectivity index (χ3n) is 3.77. The lowest BCUT2D eigenvalue weighted by Gasteiger charge is -2.11. The summed E-state index contributed by atoms with van der Waals surface area (Å²) < 4.78 is 6.54. The maximum atomic E-state index is 12.7. The van der Waals surface area contributed by atoms with E-state index in [4.69, 9.17) is 4.63 Å². The molecule has 1 saturated carbocycles. The van der Waals surface area contributed by atoms with E-state index in [2.05, 4.69) is 15.3 Å². The van der Waals surface area contributed by atoms with E-state index in [1.165, 1.54) is 11.8 Å². The highest BCUT2D eigenvalue weighted by atomic mass is 32.2. The quantitative estimate of drug-likeness (QED) is 0.544. The van der Waals surface area contributed by atoms with Crippen molar-refractivity contribution in [2.45, 2.75) is 36.7 Å². The Balaban J connectivity index is 1.77. The van der Waals surface area contributed by atoms with Gasteiger partial charge in [0.15, 0.2) is 5.16 Å². The number of para-hydroxylation sites is 1. The predicted octanol–water partition coefficient (Wildman–Crippen LogP) is 2.72. The molecule has 0 N–H and O–H groups in total. The van der Waals surface area contributed by atoms with Crippen molar-refractivity contribution in [1.29, 1.82) is 0 Å². The minimum atomic E-state index is 0.0469. The summed E-state index contributed by atoms with van der Waals surface area (Å²) in [7, 11) is 0. The van der Waals surface area contributed by atoms with Crippen LogP contribution in [0.25, 0.3) is 10.9 Å². The number of fused-ring (bicyclic) bond motifs is 1. The van der Waals surface area contributed by atoms with E-state index in [0.29, 0.717) is 11.1 Å². The maximum Gasteiger partial charge on any atom is 0.262 e. The number of nitrogens with zero attached hydrogens (tertiary/aromatic N) is 4. The molecular formula is C15H14N4O2S. The largest absolute Gasteiger partial charge is 0.284 e. The Morgan fingerprint density at radius 3 is 2.86 bits per heavy atom. The molecule has 3 aromatic rings. The van der Waals surface area contributed by atoms with Crippen molar-refractivity contribution >= 4 is 22.7 Å². The van der Waals surface area contributed by atoms with Crippen LogP contribution in [0.3, 0.4) is 0 Å². The van der Waals surface area contributed by atoms with Gasteiger partial charge in [0.25, 0.3) is 5.56 Å². The van der Waals surface area contributed by atoms with Crippen molar-refractivity contribution in [3.63, 3.8) is 0 Å². The van der Waals surface area contributed by atoms with Crippen LogP contribution in [0.4, 0.5) is 0 Å². The van der Waals surface area contributed by atoms with Gasteiger partial charge in [0.05, 0.1) is 10.9 Å². The topological polar surface area (TPSA) is 73.8 Å². The van der Waals surface area contributed by atoms with Gasteiger partial charge in [-0.25, -0.2) is 9.61 Å². The molecule has 0 aliphatic heterocycles. The van der Waals surface area contributed by atoms with Crippen molar-refractivity contribution in [3.8, 4) is 0 Å². The minimum Gasteiger partial charge on any atom is -0.284 e. The predicted molar refractivity (Wildman–Crippen MR) is 82.9 cm³/mol. The van der Waals surface area contributed by atoms with E-state index in [-0.39, 0.29) is 11.6 Å². The average Bonchev–Trinajstić information content (AvgIpc) is 3.27. The van der Waals surface area contributed by atoms with Crippen molar-refractivity contribution in [2.75, 3.05) is 0 Å². The van der Waals surface area contributed by atoms with Gasteiger partial charge in [-0.15, -0.1) is 0 Å². The number of rotatable bonds is 4. The summed E-state index contributed by atoms with van der Waals surface area (Å²) in [6, 6.07) is 7.77. The van der Waals surface area contributed by atoms with E-state index in [9.17, 15) is 4.79 Å². The Bertz CT molecular complexity index is 898. The lowest BCUT2D eigenvalue weighted by molar-refractivity contribution is 0.302. The molecule has 7 heteroatoms. The number of thioether (sulfide) groups is 1. The number of aryl methyl sites for hydroxylation is 1. The fourth-order valence-corrected chi connectivity index (χ4v) is 3.46. The van der Waals surface area contributed by atoms with Crippen LogP contribution in [0.15, 0.2) is 38.8 Å². The van der Waals surface area contributed by atoms with Crippen molar-refractivity contribution in [3.05, 3.63) is 46.0 Å². The monoisotopic (exact) mass is 314 g/mol. The summed E-state index contributed by atoms with van der Waals surface area (Å²) in [5, 5.41) is 9.08. The lowest BCUT2D eigenvalue weighted by Crippen LogP contribution is -2.22. The van der Waals surface area contributed by atoms with Gasteiger partial charge in [-0.3, -0.25) is 9.36 Å². The molecule has 1 fully saturated rings. The van der Waals surface area contributed by atoms with Gasteiger partial charge in [-0.1, -0.05) is 34.2 Å². The third-order valence-corrected chi connectivity index (χ3v) is 4.74. The molecule has 0 radical (unpaired) electrons. The van der Waals surface area contributed by atoms with Crippen molar-refractivity contribution in [2.24, 2.45) is 0 Å². The first-order chi connectivity index (χ1) is 10.7. The molecule has 0 bridgehead atoms. The van der Waals surface area contributed by atoms with E-state index < -0.39 is 0 Å². The van der Waals surface area contributed by atoms with E-state index in [1.54, 1.807) is 0 Å². The average molecular weight is 314 g/mol. The lowest BCUT2D eigenvalue weighted by atomic mass is 10.2. The first-order valence-corrected chi connectivity index (χ1v) is 8.14. The summed E-state index contributed by atoms with van der Waals surface area (Å²) in [5.74, 6) is 0.590. The second kappa shape index (κ2) is 5.24. The van der Waals surface area contributed by atoms with Gasteiger partial charge in [0.2, 0.25) is 0 Å². The van der Waals surface area contributed by atoms with Gasteiger partial charge in [-0.05, 0) is 31.9 Å². The summed E-state index contributed by atoms with van der Waals surface area (Å²) in [6.07, 6.45) is 2.08. The van der Waals surface area contributed by atoms with E-state index in [0.717, 1.165) is 34.9 Å². The van der Waals surface area contributed by atoms with Crippen LogP contribution < -0.4 is 5.56 Å². The van der Waals surface area contributed by atoms with Crippen LogP contribution in [0.2, 0.25) is 0 Å². The zero-order valence-electron chi connectivity index (χ0n) is 12.0. The van der Waals surface area contributed by atoms with Crippen LogP contribution in [0, 0.1) is 6.92 Å². The number of hydrogen-bond donors (Lipinski definition) is 0. The fourth-order valence-electron chi connectivity index (χ4n) is 2.40. The smallest absolute Gasteiger partial charge is 0.262 e. The molecule has 6 nitrogen and oxygen atoms in total. The molecule has 22 heavy (non-hydrogen) atoms. The molecular weight excluding hydrogens is 300 g/mol. The third kappa shape index (κ3) is 2.31. The zero-order valence-corrected chi connectivity index (χ0v) is 12.8. The standard InChI is InChI=1S/C15H14N4O2S/c1-9-13(18-21-17-9)8-22-15-16-12-5-3-2-4-11(12)14(20)19(15)10-6-7-10/h2-5,10H,6-8H2,1H3. The minimum absolute atomic E-state index is 0.0469. The van der Waals surface area contributed by atoms with Gasteiger partial charge in [-0.2, -0.15) is 0 Å². The first-order valence-electron chi connectivity index (χ1n) is 7.16. The van der Waals surface area contributed by atoms with Crippen LogP contribution in [0.5, 0.6) is 0 Å². The Morgan fingerprint density at radius 2 is 2.14 bits per heavy atom. The van der Waals surface area contributed by atoms with E-state index >= 15 is 0 Å². The molecule has 1 aliphatic carbocycles. The van der Waals surface area contributed by atoms with Gasteiger partial charge < -0.3 is 0 Å². The molecule has 112 valence electrons. The van der Waals surface area contributed by atoms with E-state index in [1.807, 2.05) is 35.8 Å². The highest BCUT2D eigenvalue weighted by Gasteiger charge is 2.28. The fraction of sp³-hybridized carbons (Fsp3) is 0.333. The highest BCUT2D eigenvalue weighted by molar-refractivity contribution is 7.98. The molecule has 0 saturated heterocycles. The Hall–Kier alpha value is -2.15. The second-order valence-corrected chi connectivity index (χ2v) is 6.35. The van der Waals surface area contributed by atoms with Crippen molar-refractivity contribution < 1.29 is 4.63 Å². The van der Waals surface area contributed by atoms with Crippen LogP contribution in [-0.2, 0) is 5.75 Å². The summed E-state index contributed by atoms with van der Waals surface area (Å²) in [6.45, 7) is 1.86. The molecule has 2 heterocycles. The molecule has 0 unspecified atom stereocenters. The van der Waals surface area contributed by atoms with Crippen LogP contribution >= 0.6 is 11.8 Å². The normalized spacial score (nSPS) is 14.6. The summed E-state index contributed by atoms with van der Waals surface area (Å²) >= 11 is 1.51. The Kier molecular flexibility index (Phi) is 3.22. The van der Waals surface area contributed by atoms with Gasteiger partial charge in [0, 0.05) is 11.8 Å². The maximum absolute atomic E-state index is 12.7. The number of aromatic nitrogens is 4. The molecule has 2 aromatic heterocycles. The number of benzene rings is 1. The molecule has 1 aliphatic rings. The molecule has 0 spiro atoms. The highest BCUT2D eigenvalue weighted by Crippen LogP contribution is 2.37. The summed E-state index contributed by atoms with van der Waals surface area (Å²) in [4.78, 5) is 17.4. The summed E-state index contributed by atoms with van der Waals surface area (Å²) in [5.41, 5.74) is 2.34. The van der Waals surface area contributed by atoms with Crippen LogP contribution in [-0.4, -0.2) is 19.9 Å². The molecule has 0 amide bonds. The van der Waals surface area contributed by atoms with Gasteiger partial charge in [0.1, 0.15) is 11.4 Å². The molecule has 1 aromatic carbocycles. The van der Waals surface area contributed by atoms with Crippen molar-refractivity contribution in [1.82, 2.24) is 19.9 Å². The second-order valence-electron chi connectivity index (χ2n) is 5.40. The van der Waals surface area contributed by atoms with Crippen LogP contribution in [0.1, 0.15) is 30.3 Å². The molecule has 4 rings (SSSR count). The Morgan fingerprint density at radius 1 is 1.32 bits per heavy atom. The molecule has 0 atom stereocenters. The van der Waals surface area contributed by atoms with Gasteiger partial charge >= 0.3 is 0 Å². The Labute approximate surface area is 130 Å².